The van der Waals surface area contributed by atoms with Gasteiger partial charge in [0.05, 0.1) is 4.88 Å². The summed E-state index contributed by atoms with van der Waals surface area (Å²) in [7, 11) is 0. The monoisotopic (exact) mass is 528 g/mol. The summed E-state index contributed by atoms with van der Waals surface area (Å²) in [6.07, 6.45) is 5.24. The van der Waals surface area contributed by atoms with Crippen LogP contribution >= 0.6 is 11.3 Å². The van der Waals surface area contributed by atoms with Gasteiger partial charge in [0.15, 0.2) is 5.75 Å². The van der Waals surface area contributed by atoms with Gasteiger partial charge in [-0.3, -0.25) is 9.80 Å². The van der Waals surface area contributed by atoms with Gasteiger partial charge in [-0.15, -0.1) is 11.3 Å². The van der Waals surface area contributed by atoms with Gasteiger partial charge < -0.3 is 14.2 Å². The Hall–Kier alpha value is -3.06. The number of hydrogen-bond acceptors (Lipinski definition) is 6. The highest BCUT2D eigenvalue weighted by atomic mass is 32.1. The zero-order chi connectivity index (χ0) is 25.6. The predicted molar refractivity (Wildman–Crippen MR) is 156 cm³/mol. The lowest BCUT2D eigenvalue weighted by molar-refractivity contribution is 0.237. The standard InChI is InChI=1S/C32H36N2O3S/c1-2-8-30-29(7-1)31(37-28-15-13-27(14-16-28)36-24-22-34-19-5-6-20-34)32(38-30)25-9-11-26(12-10-25)35-23-21-33-17-3-4-18-33/h1-2,7-16H,3-6,17-24H2. The molecule has 1 aromatic heterocycles. The van der Waals surface area contributed by atoms with Crippen molar-refractivity contribution >= 4 is 21.4 Å². The molecule has 0 bridgehead atoms. The first-order valence-corrected chi connectivity index (χ1v) is 14.7. The molecule has 2 fully saturated rings. The minimum Gasteiger partial charge on any atom is -0.492 e. The third kappa shape index (κ3) is 6.15. The number of thiophene rings is 1. The van der Waals surface area contributed by atoms with E-state index in [1.54, 1.807) is 11.3 Å². The maximum absolute atomic E-state index is 6.52. The van der Waals surface area contributed by atoms with Crippen molar-refractivity contribution < 1.29 is 14.2 Å². The average molecular weight is 529 g/mol. The molecular weight excluding hydrogens is 492 g/mol. The van der Waals surface area contributed by atoms with Gasteiger partial charge in [0.2, 0.25) is 0 Å². The SMILES string of the molecule is c1ccc2c(Oc3ccc(OCCN4CCCC4)cc3)c(-c3ccc(OCCN4CCCC4)cc3)sc2c1. The van der Waals surface area contributed by atoms with Crippen LogP contribution in [-0.2, 0) is 0 Å². The molecule has 2 aliphatic heterocycles. The van der Waals surface area contributed by atoms with Crippen molar-refractivity contribution in [2.45, 2.75) is 25.7 Å². The molecule has 0 saturated carbocycles. The highest BCUT2D eigenvalue weighted by Gasteiger charge is 2.17. The van der Waals surface area contributed by atoms with Crippen molar-refractivity contribution in [3.8, 4) is 33.4 Å². The Balaban J connectivity index is 1.13. The van der Waals surface area contributed by atoms with Crippen LogP contribution in [0.15, 0.2) is 72.8 Å². The molecule has 38 heavy (non-hydrogen) atoms. The molecule has 198 valence electrons. The van der Waals surface area contributed by atoms with E-state index in [-0.39, 0.29) is 0 Å². The smallest absolute Gasteiger partial charge is 0.153 e. The first-order chi connectivity index (χ1) is 18.8. The molecule has 6 rings (SSSR count). The van der Waals surface area contributed by atoms with Crippen LogP contribution in [0.3, 0.4) is 0 Å². The lowest BCUT2D eigenvalue weighted by Gasteiger charge is -2.15. The van der Waals surface area contributed by atoms with E-state index in [0.29, 0.717) is 0 Å². The predicted octanol–water partition coefficient (Wildman–Crippen LogP) is 7.31. The summed E-state index contributed by atoms with van der Waals surface area (Å²) in [6, 6.07) is 24.9. The second-order valence-corrected chi connectivity index (χ2v) is 11.2. The number of rotatable bonds is 11. The molecule has 5 nitrogen and oxygen atoms in total. The van der Waals surface area contributed by atoms with Gasteiger partial charge in [-0.25, -0.2) is 0 Å². The Morgan fingerprint density at radius 3 is 1.74 bits per heavy atom. The second-order valence-electron chi connectivity index (χ2n) is 10.1. The van der Waals surface area contributed by atoms with E-state index in [4.69, 9.17) is 14.2 Å². The molecular formula is C32H36N2O3S. The van der Waals surface area contributed by atoms with Gasteiger partial charge in [-0.05, 0) is 118 Å². The van der Waals surface area contributed by atoms with Crippen LogP contribution in [-0.4, -0.2) is 62.3 Å². The minimum atomic E-state index is 0.720. The Kier molecular flexibility index (Phi) is 8.10. The van der Waals surface area contributed by atoms with Gasteiger partial charge in [0.1, 0.15) is 30.5 Å². The van der Waals surface area contributed by atoms with Crippen LogP contribution in [0, 0.1) is 0 Å². The lowest BCUT2D eigenvalue weighted by Crippen LogP contribution is -2.25. The Morgan fingerprint density at radius 1 is 0.605 bits per heavy atom. The fraction of sp³-hybridized carbons (Fsp3) is 0.375. The summed E-state index contributed by atoms with van der Waals surface area (Å²) in [4.78, 5) is 6.07. The topological polar surface area (TPSA) is 34.2 Å². The number of fused-ring (bicyclic) bond motifs is 1. The third-order valence-corrected chi connectivity index (χ3v) is 8.66. The van der Waals surface area contributed by atoms with Crippen LogP contribution in [0.25, 0.3) is 20.5 Å². The summed E-state index contributed by atoms with van der Waals surface area (Å²) in [5, 5.41) is 1.13. The summed E-state index contributed by atoms with van der Waals surface area (Å²) >= 11 is 1.76. The van der Waals surface area contributed by atoms with E-state index in [2.05, 4.69) is 58.3 Å². The maximum Gasteiger partial charge on any atom is 0.153 e. The van der Waals surface area contributed by atoms with Gasteiger partial charge >= 0.3 is 0 Å². The molecule has 4 aromatic rings. The van der Waals surface area contributed by atoms with Crippen LogP contribution in [0.2, 0.25) is 0 Å². The molecule has 3 aromatic carbocycles. The molecule has 0 atom stereocenters. The first-order valence-electron chi connectivity index (χ1n) is 13.9. The fourth-order valence-electron chi connectivity index (χ4n) is 5.34. The van der Waals surface area contributed by atoms with Gasteiger partial charge in [0, 0.05) is 23.2 Å². The quantitative estimate of drug-likeness (QED) is 0.204. The molecule has 0 spiro atoms. The zero-order valence-electron chi connectivity index (χ0n) is 21.9. The zero-order valence-corrected chi connectivity index (χ0v) is 22.8. The van der Waals surface area contributed by atoms with Crippen molar-refractivity contribution in [2.75, 3.05) is 52.5 Å². The molecule has 6 heteroatoms. The van der Waals surface area contributed by atoms with E-state index >= 15 is 0 Å². The normalized spacial score (nSPS) is 16.3. The van der Waals surface area contributed by atoms with Crippen LogP contribution in [0.5, 0.6) is 23.0 Å². The molecule has 3 heterocycles. The van der Waals surface area contributed by atoms with Crippen molar-refractivity contribution in [3.05, 3.63) is 72.8 Å². The van der Waals surface area contributed by atoms with Crippen molar-refractivity contribution in [3.63, 3.8) is 0 Å². The Labute approximate surface area is 229 Å². The molecule has 0 unspecified atom stereocenters. The largest absolute Gasteiger partial charge is 0.492 e. The average Bonchev–Trinajstić information content (AvgIpc) is 3.73. The van der Waals surface area contributed by atoms with Crippen molar-refractivity contribution in [1.82, 2.24) is 9.80 Å². The molecule has 2 aliphatic rings. The number of likely N-dealkylation sites (tertiary alicyclic amines) is 2. The van der Waals surface area contributed by atoms with E-state index in [0.717, 1.165) is 65.1 Å². The Morgan fingerprint density at radius 2 is 1.13 bits per heavy atom. The summed E-state index contributed by atoms with van der Waals surface area (Å²) in [5.41, 5.74) is 1.13. The Bertz CT molecular complexity index is 1310. The third-order valence-electron chi connectivity index (χ3n) is 7.46. The first kappa shape index (κ1) is 25.2. The van der Waals surface area contributed by atoms with E-state index in [9.17, 15) is 0 Å². The lowest BCUT2D eigenvalue weighted by atomic mass is 10.1. The van der Waals surface area contributed by atoms with Crippen molar-refractivity contribution in [2.24, 2.45) is 0 Å². The molecule has 0 radical (unpaired) electrons. The highest BCUT2D eigenvalue weighted by Crippen LogP contribution is 2.46. The number of benzene rings is 3. The maximum atomic E-state index is 6.52. The van der Waals surface area contributed by atoms with Crippen molar-refractivity contribution in [1.29, 1.82) is 0 Å². The molecule has 2 saturated heterocycles. The van der Waals surface area contributed by atoms with Gasteiger partial charge in [0.25, 0.3) is 0 Å². The van der Waals surface area contributed by atoms with E-state index < -0.39 is 0 Å². The summed E-state index contributed by atoms with van der Waals surface area (Å²) in [5.74, 6) is 3.50. The molecule has 0 N–H and O–H groups in total. The second kappa shape index (κ2) is 12.2. The van der Waals surface area contributed by atoms with Crippen LogP contribution in [0.1, 0.15) is 25.7 Å². The summed E-state index contributed by atoms with van der Waals surface area (Å²) < 4.78 is 19.7. The van der Waals surface area contributed by atoms with Gasteiger partial charge in [-0.1, -0.05) is 12.1 Å². The number of nitrogens with zero attached hydrogens (tertiary/aromatic N) is 2. The van der Waals surface area contributed by atoms with Crippen LogP contribution in [0.4, 0.5) is 0 Å². The molecule has 0 aliphatic carbocycles. The van der Waals surface area contributed by atoms with Crippen LogP contribution < -0.4 is 14.2 Å². The van der Waals surface area contributed by atoms with E-state index in [1.807, 2.05) is 24.3 Å². The minimum absolute atomic E-state index is 0.720. The summed E-state index contributed by atoms with van der Waals surface area (Å²) in [6.45, 7) is 8.23. The number of hydrogen-bond donors (Lipinski definition) is 0. The highest BCUT2D eigenvalue weighted by molar-refractivity contribution is 7.22. The molecule has 0 amide bonds. The van der Waals surface area contributed by atoms with Gasteiger partial charge in [-0.2, -0.15) is 0 Å². The number of ether oxygens (including phenoxy) is 3. The van der Waals surface area contributed by atoms with E-state index in [1.165, 1.54) is 56.6 Å². The fourth-order valence-corrected chi connectivity index (χ4v) is 6.47.